The average molecular weight is 279 g/mol. The minimum Gasteiger partial charge on any atom is -0.341 e. The first kappa shape index (κ1) is 11.4. The highest BCUT2D eigenvalue weighted by Gasteiger charge is 2.14. The van der Waals surface area contributed by atoms with E-state index in [4.69, 9.17) is 0 Å². The Labute approximate surface area is 104 Å². The molecular weight excluding hydrogens is 264 g/mol. The van der Waals surface area contributed by atoms with Crippen LogP contribution < -0.4 is 0 Å². The van der Waals surface area contributed by atoms with Gasteiger partial charge in [0.05, 0.1) is 5.69 Å². The fraction of sp³-hybridized carbons (Fsp3) is 0.308. The van der Waals surface area contributed by atoms with Crippen molar-refractivity contribution < 1.29 is 0 Å². The molecule has 84 valence electrons. The van der Waals surface area contributed by atoms with Crippen LogP contribution in [0.2, 0.25) is 0 Å². The molecule has 0 N–H and O–H groups in total. The van der Waals surface area contributed by atoms with E-state index in [0.717, 1.165) is 10.0 Å². The van der Waals surface area contributed by atoms with Crippen LogP contribution >= 0.6 is 15.9 Å². The fourth-order valence-electron chi connectivity index (χ4n) is 2.06. The molecule has 0 fully saturated rings. The zero-order valence-corrected chi connectivity index (χ0v) is 11.3. The molecule has 0 radical (unpaired) electrons. The standard InChI is InChI=1S/C13H15BrN2/c1-9(2)16-10(3)7-12(14)13(16)11-5-4-6-15-8-11/h4-9H,1-3H3. The lowest BCUT2D eigenvalue weighted by Crippen LogP contribution is -2.04. The zero-order chi connectivity index (χ0) is 11.7. The topological polar surface area (TPSA) is 17.8 Å². The summed E-state index contributed by atoms with van der Waals surface area (Å²) in [6, 6.07) is 6.66. The molecule has 2 aromatic rings. The van der Waals surface area contributed by atoms with Crippen molar-refractivity contribution in [2.24, 2.45) is 0 Å². The van der Waals surface area contributed by atoms with Gasteiger partial charge < -0.3 is 4.57 Å². The van der Waals surface area contributed by atoms with Gasteiger partial charge in [-0.1, -0.05) is 0 Å². The van der Waals surface area contributed by atoms with Crippen LogP contribution in [0.1, 0.15) is 25.6 Å². The number of aromatic nitrogens is 2. The van der Waals surface area contributed by atoms with Crippen LogP contribution in [0.5, 0.6) is 0 Å². The maximum Gasteiger partial charge on any atom is 0.0644 e. The largest absolute Gasteiger partial charge is 0.341 e. The quantitative estimate of drug-likeness (QED) is 0.805. The molecule has 0 spiro atoms. The van der Waals surface area contributed by atoms with Crippen molar-refractivity contribution in [2.75, 3.05) is 0 Å². The highest BCUT2D eigenvalue weighted by atomic mass is 79.9. The lowest BCUT2D eigenvalue weighted by Gasteiger charge is -2.15. The molecule has 0 saturated carbocycles. The molecule has 16 heavy (non-hydrogen) atoms. The van der Waals surface area contributed by atoms with Crippen LogP contribution in [0.15, 0.2) is 35.1 Å². The molecule has 0 unspecified atom stereocenters. The van der Waals surface area contributed by atoms with E-state index in [1.165, 1.54) is 11.4 Å². The minimum absolute atomic E-state index is 0.446. The number of pyridine rings is 1. The van der Waals surface area contributed by atoms with Crippen LogP contribution in [0.25, 0.3) is 11.3 Å². The van der Waals surface area contributed by atoms with Crippen molar-refractivity contribution >= 4 is 15.9 Å². The van der Waals surface area contributed by atoms with E-state index >= 15 is 0 Å². The van der Waals surface area contributed by atoms with Crippen molar-refractivity contribution in [2.45, 2.75) is 26.8 Å². The number of rotatable bonds is 2. The van der Waals surface area contributed by atoms with Gasteiger partial charge >= 0.3 is 0 Å². The normalized spacial score (nSPS) is 11.1. The molecule has 0 aliphatic rings. The van der Waals surface area contributed by atoms with Gasteiger partial charge in [0.25, 0.3) is 0 Å². The summed E-state index contributed by atoms with van der Waals surface area (Å²) in [6.07, 6.45) is 3.70. The summed E-state index contributed by atoms with van der Waals surface area (Å²) in [6.45, 7) is 6.52. The Morgan fingerprint density at radius 3 is 2.69 bits per heavy atom. The average Bonchev–Trinajstić information content (AvgIpc) is 2.55. The second-order valence-corrected chi connectivity index (χ2v) is 5.04. The van der Waals surface area contributed by atoms with Gasteiger partial charge in [-0.05, 0) is 54.9 Å². The van der Waals surface area contributed by atoms with E-state index in [9.17, 15) is 0 Å². The molecule has 0 amide bonds. The molecule has 0 atom stereocenters. The molecule has 0 bridgehead atoms. The summed E-state index contributed by atoms with van der Waals surface area (Å²) in [5, 5.41) is 0. The van der Waals surface area contributed by atoms with Gasteiger partial charge in [-0.15, -0.1) is 0 Å². The summed E-state index contributed by atoms with van der Waals surface area (Å²) >= 11 is 3.62. The highest BCUT2D eigenvalue weighted by Crippen LogP contribution is 2.33. The third-order valence-corrected chi connectivity index (χ3v) is 3.24. The zero-order valence-electron chi connectivity index (χ0n) is 9.74. The van der Waals surface area contributed by atoms with Gasteiger partial charge in [0.15, 0.2) is 0 Å². The summed E-state index contributed by atoms with van der Waals surface area (Å²) in [5.41, 5.74) is 3.62. The van der Waals surface area contributed by atoms with E-state index in [1.54, 1.807) is 6.20 Å². The molecule has 2 nitrogen and oxygen atoms in total. The Balaban J connectivity index is 2.65. The fourth-order valence-corrected chi connectivity index (χ4v) is 2.81. The summed E-state index contributed by atoms with van der Waals surface area (Å²) < 4.78 is 3.45. The van der Waals surface area contributed by atoms with E-state index in [2.05, 4.69) is 58.4 Å². The van der Waals surface area contributed by atoms with Crippen LogP contribution in [0.4, 0.5) is 0 Å². The van der Waals surface area contributed by atoms with Gasteiger partial charge in [-0.3, -0.25) is 4.98 Å². The van der Waals surface area contributed by atoms with Crippen LogP contribution in [-0.4, -0.2) is 9.55 Å². The second-order valence-electron chi connectivity index (χ2n) is 4.19. The molecule has 2 aromatic heterocycles. The Bertz CT molecular complexity index is 486. The lowest BCUT2D eigenvalue weighted by molar-refractivity contribution is 0.594. The maximum absolute atomic E-state index is 4.18. The second kappa shape index (κ2) is 4.42. The van der Waals surface area contributed by atoms with Crippen LogP contribution in [-0.2, 0) is 0 Å². The number of nitrogens with zero attached hydrogens (tertiary/aromatic N) is 2. The third-order valence-electron chi connectivity index (χ3n) is 2.63. The summed E-state index contributed by atoms with van der Waals surface area (Å²) in [5.74, 6) is 0. The van der Waals surface area contributed by atoms with Gasteiger partial charge in [-0.2, -0.15) is 0 Å². The van der Waals surface area contributed by atoms with Gasteiger partial charge in [0.1, 0.15) is 0 Å². The Kier molecular flexibility index (Phi) is 3.15. The van der Waals surface area contributed by atoms with Gasteiger partial charge in [0, 0.05) is 34.2 Å². The molecule has 0 aromatic carbocycles. The smallest absolute Gasteiger partial charge is 0.0644 e. The molecular formula is C13H15BrN2. The number of halogens is 1. The first-order valence-corrected chi connectivity index (χ1v) is 6.18. The Morgan fingerprint density at radius 2 is 2.12 bits per heavy atom. The summed E-state index contributed by atoms with van der Waals surface area (Å²) in [7, 11) is 0. The maximum atomic E-state index is 4.18. The van der Waals surface area contributed by atoms with Crippen LogP contribution in [0.3, 0.4) is 0 Å². The van der Waals surface area contributed by atoms with Crippen molar-refractivity contribution in [1.29, 1.82) is 0 Å². The molecule has 2 heterocycles. The Morgan fingerprint density at radius 1 is 1.38 bits per heavy atom. The first-order valence-electron chi connectivity index (χ1n) is 5.39. The van der Waals surface area contributed by atoms with Crippen molar-refractivity contribution in [3.8, 4) is 11.3 Å². The summed E-state index contributed by atoms with van der Waals surface area (Å²) in [4.78, 5) is 4.18. The molecule has 0 aliphatic heterocycles. The van der Waals surface area contributed by atoms with Crippen LogP contribution in [0, 0.1) is 6.92 Å². The monoisotopic (exact) mass is 278 g/mol. The van der Waals surface area contributed by atoms with Crippen molar-refractivity contribution in [1.82, 2.24) is 9.55 Å². The lowest BCUT2D eigenvalue weighted by atomic mass is 10.2. The number of aryl methyl sites for hydroxylation is 1. The SMILES string of the molecule is Cc1cc(Br)c(-c2cccnc2)n1C(C)C. The highest BCUT2D eigenvalue weighted by molar-refractivity contribution is 9.10. The van der Waals surface area contributed by atoms with E-state index in [1.807, 2.05) is 12.3 Å². The van der Waals surface area contributed by atoms with Gasteiger partial charge in [-0.25, -0.2) is 0 Å². The van der Waals surface area contributed by atoms with Crippen molar-refractivity contribution in [3.05, 3.63) is 40.8 Å². The van der Waals surface area contributed by atoms with Crippen molar-refractivity contribution in [3.63, 3.8) is 0 Å². The molecule has 0 saturated heterocycles. The van der Waals surface area contributed by atoms with E-state index < -0.39 is 0 Å². The first-order chi connectivity index (χ1) is 7.61. The molecule has 3 heteroatoms. The number of hydrogen-bond donors (Lipinski definition) is 0. The predicted molar refractivity (Wildman–Crippen MR) is 70.5 cm³/mol. The predicted octanol–water partition coefficient (Wildman–Crippen LogP) is 4.20. The molecule has 2 rings (SSSR count). The Hall–Kier alpha value is -1.09. The minimum atomic E-state index is 0.446. The van der Waals surface area contributed by atoms with E-state index in [-0.39, 0.29) is 0 Å². The van der Waals surface area contributed by atoms with E-state index in [0.29, 0.717) is 6.04 Å². The third kappa shape index (κ3) is 1.92. The van der Waals surface area contributed by atoms with Gasteiger partial charge in [0.2, 0.25) is 0 Å². The number of hydrogen-bond acceptors (Lipinski definition) is 1. The molecule has 0 aliphatic carbocycles.